The van der Waals surface area contributed by atoms with E-state index in [9.17, 15) is 9.59 Å². The van der Waals surface area contributed by atoms with Crippen molar-refractivity contribution in [2.75, 3.05) is 25.5 Å². The van der Waals surface area contributed by atoms with Crippen LogP contribution in [0.25, 0.3) is 5.65 Å². The summed E-state index contributed by atoms with van der Waals surface area (Å²) in [7, 11) is 1.58. The van der Waals surface area contributed by atoms with Crippen molar-refractivity contribution in [2.24, 2.45) is 5.92 Å². The number of methoxy groups -OCH3 is 1. The zero-order valence-corrected chi connectivity index (χ0v) is 15.2. The van der Waals surface area contributed by atoms with E-state index in [1.54, 1.807) is 30.3 Å². The minimum absolute atomic E-state index is 0.0989. The van der Waals surface area contributed by atoms with Crippen LogP contribution in [-0.4, -0.2) is 46.3 Å². The van der Waals surface area contributed by atoms with Crippen LogP contribution < -0.4 is 10.1 Å². The Morgan fingerprint density at radius 1 is 1.22 bits per heavy atom. The van der Waals surface area contributed by atoms with Gasteiger partial charge in [-0.3, -0.25) is 9.59 Å². The van der Waals surface area contributed by atoms with Gasteiger partial charge in [0.25, 0.3) is 5.91 Å². The number of amides is 2. The molecule has 0 atom stereocenters. The number of benzene rings is 1. The second-order valence-electron chi connectivity index (χ2n) is 6.68. The van der Waals surface area contributed by atoms with Crippen LogP contribution in [0.2, 0.25) is 0 Å². The van der Waals surface area contributed by atoms with Gasteiger partial charge in [0.15, 0.2) is 0 Å². The molecule has 7 heteroatoms. The monoisotopic (exact) mass is 364 g/mol. The highest BCUT2D eigenvalue weighted by Gasteiger charge is 2.36. The van der Waals surface area contributed by atoms with Gasteiger partial charge in [-0.15, -0.1) is 0 Å². The highest BCUT2D eigenvalue weighted by Crippen LogP contribution is 2.22. The van der Waals surface area contributed by atoms with Gasteiger partial charge in [-0.1, -0.05) is 12.1 Å². The second kappa shape index (κ2) is 6.75. The van der Waals surface area contributed by atoms with Gasteiger partial charge in [0, 0.05) is 37.2 Å². The number of hydrogen-bond donors (Lipinski definition) is 1. The fourth-order valence-corrected chi connectivity index (χ4v) is 3.17. The minimum Gasteiger partial charge on any atom is -0.497 e. The molecule has 0 spiro atoms. The number of fused-ring (bicyclic) bond motifs is 1. The molecule has 0 bridgehead atoms. The predicted molar refractivity (Wildman–Crippen MR) is 101 cm³/mol. The zero-order chi connectivity index (χ0) is 19.0. The van der Waals surface area contributed by atoms with Gasteiger partial charge in [-0.2, -0.15) is 0 Å². The van der Waals surface area contributed by atoms with Gasteiger partial charge in [0.1, 0.15) is 17.1 Å². The Balaban J connectivity index is 1.38. The molecule has 4 rings (SSSR count). The number of pyridine rings is 1. The number of likely N-dealkylation sites (tertiary alicyclic amines) is 1. The number of hydrogen-bond acceptors (Lipinski definition) is 4. The van der Waals surface area contributed by atoms with Crippen LogP contribution in [0.4, 0.5) is 5.69 Å². The molecule has 1 N–H and O–H groups in total. The first kappa shape index (κ1) is 17.1. The van der Waals surface area contributed by atoms with Gasteiger partial charge in [-0.25, -0.2) is 4.98 Å². The third kappa shape index (κ3) is 3.23. The van der Waals surface area contributed by atoms with Crippen LogP contribution in [0.3, 0.4) is 0 Å². The largest absolute Gasteiger partial charge is 0.497 e. The highest BCUT2D eigenvalue weighted by atomic mass is 16.5. The Labute approximate surface area is 156 Å². The summed E-state index contributed by atoms with van der Waals surface area (Å²) in [5.74, 6) is 0.209. The van der Waals surface area contributed by atoms with E-state index in [-0.39, 0.29) is 17.7 Å². The van der Waals surface area contributed by atoms with E-state index in [0.29, 0.717) is 30.2 Å². The third-order valence-electron chi connectivity index (χ3n) is 4.77. The molecule has 3 aromatic rings. The van der Waals surface area contributed by atoms with Crippen molar-refractivity contribution in [3.8, 4) is 5.75 Å². The summed E-state index contributed by atoms with van der Waals surface area (Å²) in [6.45, 7) is 2.74. The predicted octanol–water partition coefficient (Wildman–Crippen LogP) is 2.36. The molecule has 0 unspecified atom stereocenters. The second-order valence-corrected chi connectivity index (χ2v) is 6.68. The SMILES string of the molecule is COc1cccc(NC(=O)C2CN(C(=O)c3cn4cccc(C)c4n3)C2)c1. The van der Waals surface area contributed by atoms with Crippen molar-refractivity contribution >= 4 is 23.1 Å². The maximum atomic E-state index is 12.6. The number of imidazole rings is 1. The number of aromatic nitrogens is 2. The number of anilines is 1. The van der Waals surface area contributed by atoms with Gasteiger partial charge >= 0.3 is 0 Å². The van der Waals surface area contributed by atoms with Crippen molar-refractivity contribution in [3.05, 3.63) is 60.0 Å². The Morgan fingerprint density at radius 2 is 2.04 bits per heavy atom. The third-order valence-corrected chi connectivity index (χ3v) is 4.77. The van der Waals surface area contributed by atoms with Gasteiger partial charge in [0.2, 0.25) is 5.91 Å². The maximum absolute atomic E-state index is 12.6. The summed E-state index contributed by atoms with van der Waals surface area (Å²) in [4.78, 5) is 31.1. The number of nitrogens with one attached hydrogen (secondary N) is 1. The number of rotatable bonds is 4. The molecule has 1 aromatic carbocycles. The molecule has 7 nitrogen and oxygen atoms in total. The quantitative estimate of drug-likeness (QED) is 0.771. The van der Waals surface area contributed by atoms with E-state index < -0.39 is 0 Å². The average molecular weight is 364 g/mol. The smallest absolute Gasteiger partial charge is 0.274 e. The van der Waals surface area contributed by atoms with Crippen molar-refractivity contribution in [1.29, 1.82) is 0 Å². The molecule has 138 valence electrons. The van der Waals surface area contributed by atoms with Crippen LogP contribution >= 0.6 is 0 Å². The Kier molecular flexibility index (Phi) is 4.27. The van der Waals surface area contributed by atoms with E-state index in [2.05, 4.69) is 10.3 Å². The standard InChI is InChI=1S/C20H20N4O3/c1-13-5-4-8-23-12-17(22-18(13)23)20(26)24-10-14(11-24)19(25)21-15-6-3-7-16(9-15)27-2/h3-9,12,14H,10-11H2,1-2H3,(H,21,25). The average Bonchev–Trinajstić information content (AvgIpc) is 3.06. The number of carbonyl (C=O) groups excluding carboxylic acids is 2. The lowest BCUT2D eigenvalue weighted by Crippen LogP contribution is -2.54. The highest BCUT2D eigenvalue weighted by molar-refractivity contribution is 5.98. The normalized spacial score (nSPS) is 14.1. The summed E-state index contributed by atoms with van der Waals surface area (Å²) in [5, 5.41) is 2.87. The van der Waals surface area contributed by atoms with Crippen molar-refractivity contribution in [1.82, 2.24) is 14.3 Å². The van der Waals surface area contributed by atoms with Gasteiger partial charge in [-0.05, 0) is 30.7 Å². The number of aryl methyl sites for hydroxylation is 1. The Bertz CT molecular complexity index is 1020. The van der Waals surface area contributed by atoms with Crippen LogP contribution in [0.1, 0.15) is 16.1 Å². The molecule has 1 aliphatic heterocycles. The van der Waals surface area contributed by atoms with Crippen molar-refractivity contribution in [2.45, 2.75) is 6.92 Å². The minimum atomic E-state index is -0.223. The van der Waals surface area contributed by atoms with Gasteiger partial charge < -0.3 is 19.4 Å². The van der Waals surface area contributed by atoms with E-state index >= 15 is 0 Å². The summed E-state index contributed by atoms with van der Waals surface area (Å²) in [5.41, 5.74) is 2.86. The molecule has 0 aliphatic carbocycles. The summed E-state index contributed by atoms with van der Waals surface area (Å²) in [6, 6.07) is 11.1. The molecule has 1 aliphatic rings. The zero-order valence-electron chi connectivity index (χ0n) is 15.2. The number of ether oxygens (including phenoxy) is 1. The molecular weight excluding hydrogens is 344 g/mol. The number of carbonyl (C=O) groups is 2. The molecule has 1 saturated heterocycles. The summed E-state index contributed by atoms with van der Waals surface area (Å²) < 4.78 is 7.00. The molecule has 2 amide bonds. The Morgan fingerprint density at radius 3 is 2.78 bits per heavy atom. The summed E-state index contributed by atoms with van der Waals surface area (Å²) in [6.07, 6.45) is 3.60. The molecule has 27 heavy (non-hydrogen) atoms. The molecular formula is C20H20N4O3. The van der Waals surface area contributed by atoms with Crippen molar-refractivity contribution in [3.63, 3.8) is 0 Å². The molecule has 0 saturated carbocycles. The molecule has 0 radical (unpaired) electrons. The topological polar surface area (TPSA) is 75.9 Å². The maximum Gasteiger partial charge on any atom is 0.274 e. The van der Waals surface area contributed by atoms with E-state index in [0.717, 1.165) is 11.2 Å². The lowest BCUT2D eigenvalue weighted by atomic mass is 9.98. The van der Waals surface area contributed by atoms with Crippen LogP contribution in [0.15, 0.2) is 48.8 Å². The van der Waals surface area contributed by atoms with E-state index in [1.165, 1.54) is 0 Å². The van der Waals surface area contributed by atoms with Crippen LogP contribution in [0.5, 0.6) is 5.75 Å². The molecule has 1 fully saturated rings. The first-order chi connectivity index (χ1) is 13.0. The van der Waals surface area contributed by atoms with E-state index in [4.69, 9.17) is 4.74 Å². The lowest BCUT2D eigenvalue weighted by Gasteiger charge is -2.37. The fourth-order valence-electron chi connectivity index (χ4n) is 3.17. The molecule has 3 heterocycles. The van der Waals surface area contributed by atoms with Crippen LogP contribution in [0, 0.1) is 12.8 Å². The lowest BCUT2D eigenvalue weighted by molar-refractivity contribution is -0.123. The molecule has 2 aromatic heterocycles. The Hall–Kier alpha value is -3.35. The first-order valence-corrected chi connectivity index (χ1v) is 8.73. The first-order valence-electron chi connectivity index (χ1n) is 8.73. The number of nitrogens with zero attached hydrogens (tertiary/aromatic N) is 3. The van der Waals surface area contributed by atoms with Crippen molar-refractivity contribution < 1.29 is 14.3 Å². The van der Waals surface area contributed by atoms with Crippen LogP contribution in [-0.2, 0) is 4.79 Å². The fraction of sp³-hybridized carbons (Fsp3) is 0.250. The van der Waals surface area contributed by atoms with E-state index in [1.807, 2.05) is 41.8 Å². The van der Waals surface area contributed by atoms with Gasteiger partial charge in [0.05, 0.1) is 13.0 Å². The summed E-state index contributed by atoms with van der Waals surface area (Å²) >= 11 is 0.